The topological polar surface area (TPSA) is 100 Å². The van der Waals surface area contributed by atoms with Crippen molar-refractivity contribution in [2.45, 2.75) is 31.1 Å². The highest BCUT2D eigenvalue weighted by Crippen LogP contribution is 2.28. The molecule has 0 aliphatic carbocycles. The highest BCUT2D eigenvalue weighted by molar-refractivity contribution is 6.31. The molecule has 6 heterocycles. The van der Waals surface area contributed by atoms with E-state index in [1.165, 1.54) is 12.4 Å². The van der Waals surface area contributed by atoms with E-state index in [0.29, 0.717) is 39.9 Å². The van der Waals surface area contributed by atoms with E-state index >= 15 is 0 Å². The number of nitrogens with zero attached hydrogens (tertiary/aromatic N) is 3. The molecule has 31 heavy (non-hydrogen) atoms. The molecule has 6 rings (SSSR count). The Morgan fingerprint density at radius 3 is 2.77 bits per heavy atom. The summed E-state index contributed by atoms with van der Waals surface area (Å²) >= 11 is 12.2. The van der Waals surface area contributed by atoms with E-state index in [1.807, 2.05) is 0 Å². The number of piperidine rings is 1. The van der Waals surface area contributed by atoms with Crippen LogP contribution < -0.4 is 5.32 Å². The van der Waals surface area contributed by atoms with Crippen molar-refractivity contribution in [1.29, 1.82) is 0 Å². The van der Waals surface area contributed by atoms with Gasteiger partial charge in [-0.05, 0) is 23.8 Å². The Morgan fingerprint density at radius 1 is 1.26 bits per heavy atom. The molecule has 10 heteroatoms. The normalized spacial score (nSPS) is 20.9. The van der Waals surface area contributed by atoms with Gasteiger partial charge < -0.3 is 19.9 Å². The first-order chi connectivity index (χ1) is 15.0. The molecule has 2 amide bonds. The van der Waals surface area contributed by atoms with Crippen LogP contribution in [-0.2, 0) is 16.0 Å². The SMILES string of the molecule is O=C(NC(Cc1ccncc1Cl)C(=O)N1CC2CC(C1)O2)c1cc2cc(Cl)cnc2[nH]1. The van der Waals surface area contributed by atoms with E-state index in [2.05, 4.69) is 20.3 Å². The predicted octanol–water partition coefficient (Wildman–Crippen LogP) is 2.61. The van der Waals surface area contributed by atoms with Gasteiger partial charge in [-0.25, -0.2) is 4.98 Å². The molecule has 3 unspecified atom stereocenters. The average molecular weight is 460 g/mol. The summed E-state index contributed by atoms with van der Waals surface area (Å²) in [4.78, 5) is 39.2. The molecule has 3 aromatic heterocycles. The number of amides is 2. The molecule has 0 spiro atoms. The molecule has 3 atom stereocenters. The number of carbonyl (C=O) groups is 2. The molecular weight excluding hydrogens is 441 g/mol. The van der Waals surface area contributed by atoms with Gasteiger partial charge in [-0.2, -0.15) is 0 Å². The number of ether oxygens (including phenoxy) is 1. The lowest BCUT2D eigenvalue weighted by molar-refractivity contribution is -0.188. The van der Waals surface area contributed by atoms with Crippen molar-refractivity contribution in [2.75, 3.05) is 13.1 Å². The fraction of sp³-hybridized carbons (Fsp3) is 0.333. The molecule has 0 aromatic carbocycles. The molecule has 0 saturated carbocycles. The maximum absolute atomic E-state index is 13.3. The number of carbonyl (C=O) groups excluding carboxylic acids is 2. The van der Waals surface area contributed by atoms with Gasteiger partial charge >= 0.3 is 0 Å². The summed E-state index contributed by atoms with van der Waals surface area (Å²) < 4.78 is 5.63. The fourth-order valence-electron chi connectivity index (χ4n) is 4.09. The highest BCUT2D eigenvalue weighted by Gasteiger charge is 2.41. The molecule has 2 N–H and O–H groups in total. The summed E-state index contributed by atoms with van der Waals surface area (Å²) in [6.07, 6.45) is 6.02. The number of hydrogen-bond acceptors (Lipinski definition) is 5. The first-order valence-corrected chi connectivity index (χ1v) is 10.7. The molecular formula is C21H19Cl2N5O3. The molecule has 3 saturated heterocycles. The zero-order valence-electron chi connectivity index (χ0n) is 16.3. The van der Waals surface area contributed by atoms with Gasteiger partial charge in [-0.3, -0.25) is 14.6 Å². The number of nitrogens with one attached hydrogen (secondary N) is 2. The smallest absolute Gasteiger partial charge is 0.268 e. The Balaban J connectivity index is 1.39. The van der Waals surface area contributed by atoms with Gasteiger partial charge in [0.2, 0.25) is 5.91 Å². The van der Waals surface area contributed by atoms with E-state index in [0.717, 1.165) is 12.0 Å². The average Bonchev–Trinajstić information content (AvgIpc) is 3.17. The first kappa shape index (κ1) is 20.2. The van der Waals surface area contributed by atoms with Crippen LogP contribution in [0.2, 0.25) is 10.0 Å². The largest absolute Gasteiger partial charge is 0.371 e. The fourth-order valence-corrected chi connectivity index (χ4v) is 4.46. The third-order valence-corrected chi connectivity index (χ3v) is 6.18. The zero-order chi connectivity index (χ0) is 21.5. The van der Waals surface area contributed by atoms with Crippen molar-refractivity contribution in [2.24, 2.45) is 0 Å². The molecule has 2 bridgehead atoms. The molecule has 3 aromatic rings. The highest BCUT2D eigenvalue weighted by atomic mass is 35.5. The number of rotatable bonds is 5. The quantitative estimate of drug-likeness (QED) is 0.610. The third kappa shape index (κ3) is 4.11. The van der Waals surface area contributed by atoms with Crippen molar-refractivity contribution in [1.82, 2.24) is 25.2 Å². The Hall–Kier alpha value is -2.68. The second-order valence-corrected chi connectivity index (χ2v) is 8.67. The van der Waals surface area contributed by atoms with Crippen molar-refractivity contribution < 1.29 is 14.3 Å². The van der Waals surface area contributed by atoms with Crippen LogP contribution in [0, 0.1) is 0 Å². The van der Waals surface area contributed by atoms with Gasteiger partial charge in [0.05, 0.1) is 22.3 Å². The number of pyridine rings is 2. The number of fused-ring (bicyclic) bond motifs is 3. The summed E-state index contributed by atoms with van der Waals surface area (Å²) in [6.45, 7) is 1.06. The van der Waals surface area contributed by atoms with Crippen molar-refractivity contribution in [3.63, 3.8) is 0 Å². The van der Waals surface area contributed by atoms with Gasteiger partial charge in [0, 0.05) is 49.9 Å². The summed E-state index contributed by atoms with van der Waals surface area (Å²) in [6, 6.07) is 4.35. The lowest BCUT2D eigenvalue weighted by atomic mass is 9.97. The lowest BCUT2D eigenvalue weighted by Crippen LogP contribution is -2.62. The van der Waals surface area contributed by atoms with Crippen LogP contribution in [-0.4, -0.2) is 63.0 Å². The minimum atomic E-state index is -0.784. The minimum absolute atomic E-state index is 0.0769. The van der Waals surface area contributed by atoms with E-state index in [4.69, 9.17) is 27.9 Å². The Labute approximate surface area is 187 Å². The van der Waals surface area contributed by atoms with Gasteiger partial charge in [-0.1, -0.05) is 23.2 Å². The van der Waals surface area contributed by atoms with Crippen LogP contribution in [0.4, 0.5) is 0 Å². The Morgan fingerprint density at radius 2 is 2.03 bits per heavy atom. The molecule has 8 nitrogen and oxygen atoms in total. The number of hydrogen-bond donors (Lipinski definition) is 2. The first-order valence-electron chi connectivity index (χ1n) is 9.94. The van der Waals surface area contributed by atoms with Crippen LogP contribution in [0.1, 0.15) is 22.5 Å². The van der Waals surface area contributed by atoms with Gasteiger partial charge in [0.15, 0.2) is 0 Å². The molecule has 160 valence electrons. The Kier molecular flexibility index (Phi) is 5.29. The van der Waals surface area contributed by atoms with Gasteiger partial charge in [0.25, 0.3) is 5.91 Å². The summed E-state index contributed by atoms with van der Waals surface area (Å²) in [5, 5.41) is 4.51. The Bertz CT molecular complexity index is 1150. The monoisotopic (exact) mass is 459 g/mol. The molecule has 3 aliphatic rings. The number of aromatic amines is 1. The molecule has 3 aliphatic heterocycles. The van der Waals surface area contributed by atoms with E-state index in [-0.39, 0.29) is 24.5 Å². The van der Waals surface area contributed by atoms with Crippen LogP contribution in [0.25, 0.3) is 11.0 Å². The molecule has 0 radical (unpaired) electrons. The number of H-pyrrole nitrogens is 1. The summed E-state index contributed by atoms with van der Waals surface area (Å²) in [5.74, 6) is -0.562. The van der Waals surface area contributed by atoms with Gasteiger partial charge in [0.1, 0.15) is 17.4 Å². The van der Waals surface area contributed by atoms with E-state index in [9.17, 15) is 9.59 Å². The second kappa shape index (κ2) is 8.11. The van der Waals surface area contributed by atoms with Crippen LogP contribution >= 0.6 is 23.2 Å². The second-order valence-electron chi connectivity index (χ2n) is 7.83. The predicted molar refractivity (Wildman–Crippen MR) is 115 cm³/mol. The van der Waals surface area contributed by atoms with Crippen molar-refractivity contribution >= 4 is 46.0 Å². The van der Waals surface area contributed by atoms with Gasteiger partial charge in [-0.15, -0.1) is 0 Å². The number of halogens is 2. The van der Waals surface area contributed by atoms with Crippen molar-refractivity contribution in [3.8, 4) is 0 Å². The van der Waals surface area contributed by atoms with Crippen LogP contribution in [0.15, 0.2) is 36.8 Å². The zero-order valence-corrected chi connectivity index (χ0v) is 17.9. The van der Waals surface area contributed by atoms with Crippen LogP contribution in [0.5, 0.6) is 0 Å². The maximum atomic E-state index is 13.3. The number of morpholine rings is 1. The van der Waals surface area contributed by atoms with E-state index < -0.39 is 11.9 Å². The molecule has 3 fully saturated rings. The van der Waals surface area contributed by atoms with Crippen LogP contribution in [0.3, 0.4) is 0 Å². The minimum Gasteiger partial charge on any atom is -0.371 e. The number of aromatic nitrogens is 3. The maximum Gasteiger partial charge on any atom is 0.268 e. The summed E-state index contributed by atoms with van der Waals surface area (Å²) in [5.41, 5.74) is 1.58. The van der Waals surface area contributed by atoms with E-state index in [1.54, 1.807) is 29.3 Å². The third-order valence-electron chi connectivity index (χ3n) is 5.64. The standard InChI is InChI=1S/C21H19Cl2N5O3/c22-13-3-12-5-17(26-19(12)25-7-13)20(29)27-18(4-11-1-2-24-8-16(11)23)21(30)28-9-14-6-15(10-28)31-14/h1-3,5,7-8,14-15,18H,4,6,9-10H2,(H,25,26)(H,27,29). The lowest BCUT2D eigenvalue weighted by Gasteiger charge is -2.47. The summed E-state index contributed by atoms with van der Waals surface area (Å²) in [7, 11) is 0. The van der Waals surface area contributed by atoms with Crippen molar-refractivity contribution in [3.05, 3.63) is 58.1 Å².